The maximum absolute atomic E-state index is 4.17. The molecule has 0 radical (unpaired) electrons. The fourth-order valence-electron chi connectivity index (χ4n) is 2.47. The number of nitrogens with zero attached hydrogens (tertiary/aromatic N) is 2. The zero-order valence-electron chi connectivity index (χ0n) is 12.9. The molecular weight excluding hydrogens is 254 g/mol. The van der Waals surface area contributed by atoms with Crippen LogP contribution in [0.5, 0.6) is 0 Å². The van der Waals surface area contributed by atoms with Crippen molar-refractivity contribution in [3.63, 3.8) is 0 Å². The van der Waals surface area contributed by atoms with Crippen LogP contribution in [0.3, 0.4) is 0 Å². The molecular formula is C15H29N3S. The van der Waals surface area contributed by atoms with Gasteiger partial charge in [-0.1, -0.05) is 50.9 Å². The smallest absolute Gasteiger partial charge is 0.0772 e. The minimum absolute atomic E-state index is 0.446. The summed E-state index contributed by atoms with van der Waals surface area (Å²) in [7, 11) is 0. The van der Waals surface area contributed by atoms with Gasteiger partial charge in [0.05, 0.1) is 10.6 Å². The van der Waals surface area contributed by atoms with Gasteiger partial charge >= 0.3 is 0 Å². The van der Waals surface area contributed by atoms with Crippen LogP contribution in [-0.4, -0.2) is 16.1 Å². The number of aromatic nitrogens is 2. The molecule has 0 amide bonds. The Labute approximate surface area is 122 Å². The van der Waals surface area contributed by atoms with Crippen LogP contribution in [0, 0.1) is 12.8 Å². The molecule has 1 aromatic rings. The van der Waals surface area contributed by atoms with Gasteiger partial charge in [0, 0.05) is 6.04 Å². The van der Waals surface area contributed by atoms with E-state index in [0.29, 0.717) is 6.04 Å². The number of hydrogen-bond acceptors (Lipinski definition) is 4. The molecule has 0 aliphatic carbocycles. The van der Waals surface area contributed by atoms with Crippen molar-refractivity contribution in [1.82, 2.24) is 14.9 Å². The molecule has 0 aliphatic heterocycles. The molecule has 2 atom stereocenters. The van der Waals surface area contributed by atoms with E-state index in [4.69, 9.17) is 0 Å². The molecule has 1 aromatic heterocycles. The van der Waals surface area contributed by atoms with Gasteiger partial charge < -0.3 is 5.32 Å². The summed E-state index contributed by atoms with van der Waals surface area (Å²) in [5.74, 6) is 0.816. The number of rotatable bonds is 10. The molecule has 1 N–H and O–H groups in total. The molecule has 110 valence electrons. The highest BCUT2D eigenvalue weighted by molar-refractivity contribution is 7.05. The highest BCUT2D eigenvalue weighted by atomic mass is 32.1. The van der Waals surface area contributed by atoms with Gasteiger partial charge in [0.1, 0.15) is 0 Å². The third-order valence-corrected chi connectivity index (χ3v) is 4.70. The highest BCUT2D eigenvalue weighted by Gasteiger charge is 2.20. The van der Waals surface area contributed by atoms with Gasteiger partial charge in [-0.3, -0.25) is 0 Å². The third kappa shape index (κ3) is 5.57. The van der Waals surface area contributed by atoms with Crippen LogP contribution in [0.2, 0.25) is 0 Å². The summed E-state index contributed by atoms with van der Waals surface area (Å²) >= 11 is 1.56. The average molecular weight is 283 g/mol. The highest BCUT2D eigenvalue weighted by Crippen LogP contribution is 2.29. The Balaban J connectivity index is 2.65. The van der Waals surface area contributed by atoms with Crippen molar-refractivity contribution in [3.8, 4) is 0 Å². The topological polar surface area (TPSA) is 37.8 Å². The lowest BCUT2D eigenvalue weighted by Crippen LogP contribution is -2.24. The first-order chi connectivity index (χ1) is 9.22. The molecule has 0 bridgehead atoms. The summed E-state index contributed by atoms with van der Waals surface area (Å²) < 4.78 is 4.10. The number of hydrogen-bond donors (Lipinski definition) is 1. The molecule has 0 saturated carbocycles. The maximum Gasteiger partial charge on any atom is 0.0772 e. The molecule has 19 heavy (non-hydrogen) atoms. The van der Waals surface area contributed by atoms with E-state index < -0.39 is 0 Å². The molecule has 0 spiro atoms. The van der Waals surface area contributed by atoms with Gasteiger partial charge in [-0.25, -0.2) is 0 Å². The van der Waals surface area contributed by atoms with E-state index in [9.17, 15) is 0 Å². The second-order valence-electron chi connectivity index (χ2n) is 5.38. The van der Waals surface area contributed by atoms with Crippen LogP contribution in [0.1, 0.15) is 75.9 Å². The fraction of sp³-hybridized carbons (Fsp3) is 0.867. The van der Waals surface area contributed by atoms with Crippen LogP contribution >= 0.6 is 11.5 Å². The Kier molecular flexibility index (Phi) is 8.22. The summed E-state index contributed by atoms with van der Waals surface area (Å²) in [5.41, 5.74) is 1.10. The molecule has 1 heterocycles. The Hall–Kier alpha value is -0.480. The van der Waals surface area contributed by atoms with Crippen LogP contribution in [0.25, 0.3) is 0 Å². The molecule has 1 rings (SSSR count). The first kappa shape index (κ1) is 16.6. The molecule has 2 unspecified atom stereocenters. The zero-order valence-corrected chi connectivity index (χ0v) is 13.7. The summed E-state index contributed by atoms with van der Waals surface area (Å²) in [5, 5.41) is 7.85. The van der Waals surface area contributed by atoms with Crippen molar-refractivity contribution >= 4 is 11.5 Å². The first-order valence-electron chi connectivity index (χ1n) is 7.75. The minimum atomic E-state index is 0.446. The molecule has 0 aliphatic rings. The Bertz CT molecular complexity index is 338. The van der Waals surface area contributed by atoms with E-state index in [0.717, 1.165) is 18.2 Å². The Morgan fingerprint density at radius 2 is 2.00 bits per heavy atom. The van der Waals surface area contributed by atoms with E-state index >= 15 is 0 Å². The molecule has 4 heteroatoms. The van der Waals surface area contributed by atoms with E-state index in [2.05, 4.69) is 42.6 Å². The van der Waals surface area contributed by atoms with Gasteiger partial charge in [0.25, 0.3) is 0 Å². The van der Waals surface area contributed by atoms with Gasteiger partial charge in [-0.05, 0) is 43.8 Å². The van der Waals surface area contributed by atoms with E-state index in [-0.39, 0.29) is 0 Å². The molecule has 0 saturated heterocycles. The summed E-state index contributed by atoms with van der Waals surface area (Å²) in [6.45, 7) is 9.96. The largest absolute Gasteiger partial charge is 0.309 e. The Morgan fingerprint density at radius 3 is 2.53 bits per heavy atom. The van der Waals surface area contributed by atoms with Crippen molar-refractivity contribution < 1.29 is 0 Å². The summed E-state index contributed by atoms with van der Waals surface area (Å²) in [6, 6.07) is 0.446. The van der Waals surface area contributed by atoms with Crippen LogP contribution in [0.4, 0.5) is 0 Å². The monoisotopic (exact) mass is 283 g/mol. The van der Waals surface area contributed by atoms with Crippen molar-refractivity contribution in [2.24, 2.45) is 5.92 Å². The van der Waals surface area contributed by atoms with Crippen molar-refractivity contribution in [2.45, 2.75) is 72.3 Å². The van der Waals surface area contributed by atoms with E-state index in [1.807, 2.05) is 0 Å². The molecule has 3 nitrogen and oxygen atoms in total. The zero-order chi connectivity index (χ0) is 14.1. The lowest BCUT2D eigenvalue weighted by Gasteiger charge is -2.23. The summed E-state index contributed by atoms with van der Waals surface area (Å²) in [4.78, 5) is 1.34. The normalized spacial score (nSPS) is 14.5. The minimum Gasteiger partial charge on any atom is -0.309 e. The third-order valence-electron chi connectivity index (χ3n) is 3.76. The van der Waals surface area contributed by atoms with E-state index in [1.165, 1.54) is 43.4 Å². The van der Waals surface area contributed by atoms with Crippen LogP contribution in [0.15, 0.2) is 0 Å². The fourth-order valence-corrected chi connectivity index (χ4v) is 3.20. The van der Waals surface area contributed by atoms with E-state index in [1.54, 1.807) is 11.5 Å². The predicted octanol–water partition coefficient (Wildman–Crippen LogP) is 4.49. The van der Waals surface area contributed by atoms with Crippen LogP contribution < -0.4 is 5.32 Å². The predicted molar refractivity (Wildman–Crippen MR) is 83.6 cm³/mol. The van der Waals surface area contributed by atoms with Gasteiger partial charge in [-0.15, -0.1) is 5.10 Å². The van der Waals surface area contributed by atoms with Crippen molar-refractivity contribution in [3.05, 3.63) is 10.6 Å². The second kappa shape index (κ2) is 9.43. The van der Waals surface area contributed by atoms with Gasteiger partial charge in [0.15, 0.2) is 0 Å². The Morgan fingerprint density at radius 1 is 1.21 bits per heavy atom. The van der Waals surface area contributed by atoms with Crippen molar-refractivity contribution in [2.75, 3.05) is 6.54 Å². The lowest BCUT2D eigenvalue weighted by atomic mass is 9.91. The van der Waals surface area contributed by atoms with Crippen LogP contribution in [-0.2, 0) is 0 Å². The standard InChI is InChI=1S/C15H29N3S/c1-5-8-9-13(7-3)11-14(16-10-6-2)15-12(4)17-18-19-15/h13-14,16H,5-11H2,1-4H3. The first-order valence-corrected chi connectivity index (χ1v) is 8.52. The molecule has 0 aromatic carbocycles. The quantitative estimate of drug-likeness (QED) is 0.687. The number of nitrogens with one attached hydrogen (secondary N) is 1. The number of aryl methyl sites for hydroxylation is 1. The maximum atomic E-state index is 4.17. The second-order valence-corrected chi connectivity index (χ2v) is 6.17. The summed E-state index contributed by atoms with van der Waals surface area (Å²) in [6.07, 6.45) is 7.66. The van der Waals surface area contributed by atoms with Crippen molar-refractivity contribution in [1.29, 1.82) is 0 Å². The lowest BCUT2D eigenvalue weighted by molar-refractivity contribution is 0.355. The number of unbranched alkanes of at least 4 members (excludes halogenated alkanes) is 1. The molecule has 0 fully saturated rings. The van der Waals surface area contributed by atoms with Gasteiger partial charge in [0.2, 0.25) is 0 Å². The average Bonchev–Trinajstić information content (AvgIpc) is 2.84. The SMILES string of the molecule is CCCCC(CC)CC(NCCC)c1snnc1C. The van der Waals surface area contributed by atoms with Gasteiger partial charge in [-0.2, -0.15) is 0 Å².